The Bertz CT molecular complexity index is 650. The number of nitrogens with one attached hydrogen (secondary N) is 3. The summed E-state index contributed by atoms with van der Waals surface area (Å²) < 4.78 is 5.21. The van der Waals surface area contributed by atoms with Crippen LogP contribution in [-0.2, 0) is 4.79 Å². The summed E-state index contributed by atoms with van der Waals surface area (Å²) in [6.45, 7) is 0. The average molecular weight is 320 g/mol. The van der Waals surface area contributed by atoms with Gasteiger partial charge < -0.3 is 10.1 Å². The van der Waals surface area contributed by atoms with Crippen molar-refractivity contribution in [3.05, 3.63) is 18.2 Å². The highest BCUT2D eigenvalue weighted by Gasteiger charge is 2.17. The van der Waals surface area contributed by atoms with Gasteiger partial charge in [0.15, 0.2) is 11.0 Å². The van der Waals surface area contributed by atoms with E-state index in [0.717, 1.165) is 34.8 Å². The molecular formula is C16H22N3O2S+. The number of fused-ring (bicyclic) bond motifs is 1. The minimum Gasteiger partial charge on any atom is -0.497 e. The average Bonchev–Trinajstić information content (AvgIpc) is 2.95. The molecule has 0 atom stereocenters. The van der Waals surface area contributed by atoms with Gasteiger partial charge in [-0.25, -0.2) is 9.97 Å². The van der Waals surface area contributed by atoms with E-state index in [0.29, 0.717) is 11.8 Å². The summed E-state index contributed by atoms with van der Waals surface area (Å²) in [5, 5.41) is 4.02. The number of hydrogen-bond donors (Lipinski definition) is 2. The van der Waals surface area contributed by atoms with Crippen molar-refractivity contribution >= 4 is 28.7 Å². The van der Waals surface area contributed by atoms with Crippen LogP contribution in [0.25, 0.3) is 11.0 Å². The zero-order valence-electron chi connectivity index (χ0n) is 12.8. The van der Waals surface area contributed by atoms with Crippen LogP contribution in [0.15, 0.2) is 23.4 Å². The predicted octanol–water partition coefficient (Wildman–Crippen LogP) is 2.53. The molecule has 1 amide bonds. The molecule has 1 fully saturated rings. The molecule has 1 saturated carbocycles. The second-order valence-electron chi connectivity index (χ2n) is 5.68. The first-order valence-corrected chi connectivity index (χ1v) is 8.74. The molecule has 0 unspecified atom stereocenters. The third-order valence-corrected chi connectivity index (χ3v) is 4.94. The molecular weight excluding hydrogens is 298 g/mol. The number of carbonyl (C=O) groups excluding carboxylic acids is 1. The lowest BCUT2D eigenvalue weighted by Gasteiger charge is -2.22. The second-order valence-corrected chi connectivity index (χ2v) is 6.67. The zero-order chi connectivity index (χ0) is 15.4. The number of carbonyl (C=O) groups is 1. The number of methoxy groups -OCH3 is 1. The van der Waals surface area contributed by atoms with E-state index in [1.807, 2.05) is 18.2 Å². The van der Waals surface area contributed by atoms with Gasteiger partial charge in [0.25, 0.3) is 0 Å². The monoisotopic (exact) mass is 320 g/mol. The molecule has 1 aliphatic rings. The van der Waals surface area contributed by atoms with Crippen molar-refractivity contribution in [1.29, 1.82) is 0 Å². The second kappa shape index (κ2) is 7.05. The lowest BCUT2D eigenvalue weighted by molar-refractivity contribution is -0.396. The lowest BCUT2D eigenvalue weighted by Crippen LogP contribution is -2.37. The molecule has 5 nitrogen and oxygen atoms in total. The van der Waals surface area contributed by atoms with Crippen molar-refractivity contribution in [3.63, 3.8) is 0 Å². The summed E-state index contributed by atoms with van der Waals surface area (Å²) in [6.07, 6.45) is 6.00. The summed E-state index contributed by atoms with van der Waals surface area (Å²) in [7, 11) is 1.65. The van der Waals surface area contributed by atoms with Gasteiger partial charge in [-0.3, -0.25) is 4.79 Å². The molecule has 118 valence electrons. The molecule has 1 aromatic carbocycles. The van der Waals surface area contributed by atoms with E-state index in [2.05, 4.69) is 15.3 Å². The maximum atomic E-state index is 12.0. The first-order valence-electron chi connectivity index (χ1n) is 7.76. The molecule has 6 heteroatoms. The first kappa shape index (κ1) is 15.2. The van der Waals surface area contributed by atoms with Crippen LogP contribution in [0.2, 0.25) is 0 Å². The lowest BCUT2D eigenvalue weighted by atomic mass is 9.95. The van der Waals surface area contributed by atoms with Crippen molar-refractivity contribution in [2.45, 2.75) is 43.3 Å². The fourth-order valence-electron chi connectivity index (χ4n) is 2.86. The number of aromatic nitrogens is 2. The van der Waals surface area contributed by atoms with Gasteiger partial charge in [0.2, 0.25) is 5.91 Å². The van der Waals surface area contributed by atoms with E-state index < -0.39 is 0 Å². The Morgan fingerprint density at radius 3 is 3.00 bits per heavy atom. The Morgan fingerprint density at radius 1 is 1.41 bits per heavy atom. The molecule has 0 radical (unpaired) electrons. The Labute approximate surface area is 134 Å². The summed E-state index contributed by atoms with van der Waals surface area (Å²) in [5.41, 5.74) is 1.99. The normalized spacial score (nSPS) is 15.9. The van der Waals surface area contributed by atoms with E-state index in [9.17, 15) is 4.79 Å². The van der Waals surface area contributed by atoms with Crippen molar-refractivity contribution in [3.8, 4) is 5.75 Å². The predicted molar refractivity (Wildman–Crippen MR) is 87.1 cm³/mol. The van der Waals surface area contributed by atoms with Crippen LogP contribution in [0, 0.1) is 0 Å². The maximum Gasteiger partial charge on any atom is 0.315 e. The number of hydrogen-bond acceptors (Lipinski definition) is 3. The van der Waals surface area contributed by atoms with Crippen LogP contribution < -0.4 is 15.0 Å². The van der Waals surface area contributed by atoms with E-state index in [4.69, 9.17) is 4.74 Å². The van der Waals surface area contributed by atoms with Gasteiger partial charge in [-0.15, -0.1) is 0 Å². The molecule has 0 aliphatic heterocycles. The molecule has 1 aromatic heterocycles. The Kier molecular flexibility index (Phi) is 4.87. The van der Waals surface area contributed by atoms with Crippen LogP contribution in [0.3, 0.4) is 0 Å². The Balaban J connectivity index is 1.55. The van der Waals surface area contributed by atoms with Crippen LogP contribution in [0.4, 0.5) is 0 Å². The Morgan fingerprint density at radius 2 is 2.23 bits per heavy atom. The van der Waals surface area contributed by atoms with Crippen molar-refractivity contribution in [1.82, 2.24) is 10.3 Å². The number of benzene rings is 1. The van der Waals surface area contributed by atoms with Gasteiger partial charge in [0, 0.05) is 12.1 Å². The third-order valence-electron chi connectivity index (χ3n) is 4.04. The largest absolute Gasteiger partial charge is 0.497 e. The zero-order valence-corrected chi connectivity index (χ0v) is 13.6. The van der Waals surface area contributed by atoms with E-state index in [1.165, 1.54) is 31.0 Å². The van der Waals surface area contributed by atoms with Crippen LogP contribution in [-0.4, -0.2) is 29.8 Å². The fraction of sp³-hybridized carbons (Fsp3) is 0.500. The maximum absolute atomic E-state index is 12.0. The van der Waals surface area contributed by atoms with Gasteiger partial charge in [-0.2, -0.15) is 0 Å². The smallest absolute Gasteiger partial charge is 0.315 e. The number of ether oxygens (including phenoxy) is 1. The number of aromatic amines is 2. The number of amides is 1. The van der Waals surface area contributed by atoms with Gasteiger partial charge in [-0.05, 0) is 36.7 Å². The molecule has 22 heavy (non-hydrogen) atoms. The van der Waals surface area contributed by atoms with Crippen LogP contribution in [0.5, 0.6) is 5.75 Å². The molecule has 0 spiro atoms. The minimum absolute atomic E-state index is 0.113. The SMILES string of the molecule is COc1ccc2[nH+]c(SCC(=O)NC3CCCCC3)[nH]c2c1. The molecule has 3 N–H and O–H groups in total. The fourth-order valence-corrected chi connectivity index (χ4v) is 3.59. The van der Waals surface area contributed by atoms with Gasteiger partial charge in [0.1, 0.15) is 5.75 Å². The van der Waals surface area contributed by atoms with E-state index in [1.54, 1.807) is 7.11 Å². The highest BCUT2D eigenvalue weighted by atomic mass is 32.2. The van der Waals surface area contributed by atoms with Crippen molar-refractivity contribution in [2.24, 2.45) is 0 Å². The molecule has 1 heterocycles. The number of thioether (sulfide) groups is 1. The van der Waals surface area contributed by atoms with Crippen molar-refractivity contribution in [2.75, 3.05) is 12.9 Å². The quantitative estimate of drug-likeness (QED) is 0.832. The van der Waals surface area contributed by atoms with Gasteiger partial charge in [-0.1, -0.05) is 19.3 Å². The molecule has 1 aliphatic carbocycles. The van der Waals surface area contributed by atoms with E-state index in [-0.39, 0.29) is 5.91 Å². The summed E-state index contributed by atoms with van der Waals surface area (Å²) in [5.74, 6) is 1.35. The summed E-state index contributed by atoms with van der Waals surface area (Å²) in [4.78, 5) is 18.6. The van der Waals surface area contributed by atoms with Crippen LogP contribution in [0.1, 0.15) is 32.1 Å². The molecule has 3 rings (SSSR count). The molecule has 2 aromatic rings. The minimum atomic E-state index is 0.113. The molecule has 0 saturated heterocycles. The number of rotatable bonds is 5. The highest BCUT2D eigenvalue weighted by molar-refractivity contribution is 7.99. The van der Waals surface area contributed by atoms with E-state index >= 15 is 0 Å². The first-order chi connectivity index (χ1) is 10.7. The standard InChI is InChI=1S/C16H21N3O2S/c1-21-12-7-8-13-14(9-12)19-16(18-13)22-10-15(20)17-11-5-3-2-4-6-11/h7-9,11H,2-6,10H2,1H3,(H,17,20)(H,18,19)/p+1. The highest BCUT2D eigenvalue weighted by Crippen LogP contribution is 2.21. The van der Waals surface area contributed by atoms with Gasteiger partial charge in [0.05, 0.1) is 12.9 Å². The number of H-pyrrole nitrogens is 2. The summed E-state index contributed by atoms with van der Waals surface area (Å²) in [6, 6.07) is 6.20. The van der Waals surface area contributed by atoms with Crippen molar-refractivity contribution < 1.29 is 14.5 Å². The molecule has 0 bridgehead atoms. The topological polar surface area (TPSA) is 68.3 Å². The third kappa shape index (κ3) is 3.74. The number of imidazole rings is 1. The Hall–Kier alpha value is -1.69. The summed E-state index contributed by atoms with van der Waals surface area (Å²) >= 11 is 1.49. The van der Waals surface area contributed by atoms with Crippen LogP contribution >= 0.6 is 11.8 Å². The van der Waals surface area contributed by atoms with Gasteiger partial charge >= 0.3 is 5.16 Å².